The van der Waals surface area contributed by atoms with Crippen LogP contribution in [0.15, 0.2) is 0 Å². The van der Waals surface area contributed by atoms with Crippen LogP contribution < -0.4 is 5.32 Å². The average molecular weight is 298 g/mol. The van der Waals surface area contributed by atoms with E-state index in [0.717, 1.165) is 19.4 Å². The highest BCUT2D eigenvalue weighted by Gasteiger charge is 2.26. The van der Waals surface area contributed by atoms with Crippen LogP contribution in [0, 0.1) is 11.8 Å². The lowest BCUT2D eigenvalue weighted by Gasteiger charge is -2.30. The molecule has 0 bridgehead atoms. The molecule has 0 aromatic carbocycles. The molecule has 1 aliphatic carbocycles. The van der Waals surface area contributed by atoms with Crippen molar-refractivity contribution in [1.29, 1.82) is 0 Å². The molecule has 2 amide bonds. The molecule has 0 radical (unpaired) electrons. The normalized spacial score (nSPS) is 17.0. The summed E-state index contributed by atoms with van der Waals surface area (Å²) in [6.07, 6.45) is 5.94. The van der Waals surface area contributed by atoms with Crippen molar-refractivity contribution in [1.82, 2.24) is 10.2 Å². The lowest BCUT2D eigenvalue weighted by molar-refractivity contribution is -0.141. The van der Waals surface area contributed by atoms with Crippen LogP contribution in [-0.2, 0) is 4.79 Å². The highest BCUT2D eigenvalue weighted by molar-refractivity contribution is 5.74. The third kappa shape index (κ3) is 6.36. The molecule has 1 rings (SSSR count). The summed E-state index contributed by atoms with van der Waals surface area (Å²) in [5, 5.41) is 11.8. The first-order valence-corrected chi connectivity index (χ1v) is 8.19. The van der Waals surface area contributed by atoms with Gasteiger partial charge in [-0.05, 0) is 31.6 Å². The molecule has 0 heterocycles. The number of hydrogen-bond donors (Lipinski definition) is 2. The molecule has 0 aromatic rings. The fraction of sp³-hybridized carbons (Fsp3) is 0.875. The summed E-state index contributed by atoms with van der Waals surface area (Å²) in [5.74, 6) is -0.652. The van der Waals surface area contributed by atoms with E-state index in [1.807, 2.05) is 4.90 Å². The Hall–Kier alpha value is -1.26. The van der Waals surface area contributed by atoms with Crippen LogP contribution in [-0.4, -0.2) is 41.1 Å². The average Bonchev–Trinajstić information content (AvgIpc) is 2.93. The second-order valence-corrected chi connectivity index (χ2v) is 6.60. The Balaban J connectivity index is 2.36. The number of aliphatic carboxylic acids is 1. The Kier molecular flexibility index (Phi) is 7.54. The quantitative estimate of drug-likeness (QED) is 0.676. The van der Waals surface area contributed by atoms with Crippen molar-refractivity contribution in [2.45, 2.75) is 65.3 Å². The van der Waals surface area contributed by atoms with E-state index >= 15 is 0 Å². The second-order valence-electron chi connectivity index (χ2n) is 6.60. The molecule has 21 heavy (non-hydrogen) atoms. The Morgan fingerprint density at radius 2 is 1.86 bits per heavy atom. The van der Waals surface area contributed by atoms with Gasteiger partial charge in [-0.15, -0.1) is 0 Å². The maximum atomic E-state index is 12.3. The lowest BCUT2D eigenvalue weighted by Crippen LogP contribution is -2.47. The van der Waals surface area contributed by atoms with Gasteiger partial charge in [0.1, 0.15) is 0 Å². The van der Waals surface area contributed by atoms with Crippen molar-refractivity contribution < 1.29 is 14.7 Å². The van der Waals surface area contributed by atoms with Gasteiger partial charge < -0.3 is 15.3 Å². The first kappa shape index (κ1) is 17.8. The molecule has 2 N–H and O–H groups in total. The van der Waals surface area contributed by atoms with Crippen LogP contribution in [0.25, 0.3) is 0 Å². The minimum atomic E-state index is -0.770. The van der Waals surface area contributed by atoms with Gasteiger partial charge in [0.05, 0.1) is 5.92 Å². The highest BCUT2D eigenvalue weighted by Crippen LogP contribution is 2.24. The van der Waals surface area contributed by atoms with Gasteiger partial charge in [-0.3, -0.25) is 4.79 Å². The molecule has 1 unspecified atom stereocenters. The third-order valence-electron chi connectivity index (χ3n) is 4.10. The molecule has 1 aliphatic rings. The monoisotopic (exact) mass is 298 g/mol. The van der Waals surface area contributed by atoms with E-state index in [1.54, 1.807) is 6.92 Å². The third-order valence-corrected chi connectivity index (χ3v) is 4.10. The van der Waals surface area contributed by atoms with Gasteiger partial charge in [-0.25, -0.2) is 4.79 Å². The Morgan fingerprint density at radius 1 is 1.24 bits per heavy atom. The number of rotatable bonds is 8. The molecule has 5 nitrogen and oxygen atoms in total. The molecule has 5 heteroatoms. The number of carbonyl (C=O) groups excluding carboxylic acids is 1. The number of carboxylic acids is 1. The van der Waals surface area contributed by atoms with Crippen LogP contribution in [0.1, 0.15) is 59.3 Å². The molecule has 0 spiro atoms. The van der Waals surface area contributed by atoms with Crippen molar-refractivity contribution in [3.8, 4) is 0 Å². The van der Waals surface area contributed by atoms with Crippen LogP contribution in [0.3, 0.4) is 0 Å². The van der Waals surface area contributed by atoms with Gasteiger partial charge in [-0.2, -0.15) is 0 Å². The number of nitrogens with zero attached hydrogens (tertiary/aromatic N) is 1. The van der Waals surface area contributed by atoms with Crippen LogP contribution in [0.4, 0.5) is 4.79 Å². The molecule has 1 atom stereocenters. The minimum absolute atomic E-state index is 0.0126. The number of nitrogens with one attached hydrogen (secondary N) is 1. The van der Waals surface area contributed by atoms with Crippen molar-refractivity contribution in [2.75, 3.05) is 13.1 Å². The minimum Gasteiger partial charge on any atom is -0.481 e. The maximum Gasteiger partial charge on any atom is 0.317 e. The van der Waals surface area contributed by atoms with Gasteiger partial charge in [0.2, 0.25) is 0 Å². The molecule has 0 aliphatic heterocycles. The molecular formula is C16H30N2O3. The summed E-state index contributed by atoms with van der Waals surface area (Å²) in [5.41, 5.74) is 0. The van der Waals surface area contributed by atoms with Crippen molar-refractivity contribution >= 4 is 12.0 Å². The van der Waals surface area contributed by atoms with Gasteiger partial charge >= 0.3 is 12.0 Å². The van der Waals surface area contributed by atoms with E-state index in [9.17, 15) is 9.59 Å². The van der Waals surface area contributed by atoms with E-state index < -0.39 is 5.97 Å². The van der Waals surface area contributed by atoms with Gasteiger partial charge in [0.15, 0.2) is 0 Å². The molecule has 1 saturated carbocycles. The van der Waals surface area contributed by atoms with E-state index in [0.29, 0.717) is 31.3 Å². The summed E-state index contributed by atoms with van der Waals surface area (Å²) >= 11 is 0. The Morgan fingerprint density at radius 3 is 2.38 bits per heavy atom. The fourth-order valence-corrected chi connectivity index (χ4v) is 2.84. The van der Waals surface area contributed by atoms with E-state index in [-0.39, 0.29) is 11.9 Å². The Bertz CT molecular complexity index is 338. The van der Waals surface area contributed by atoms with Gasteiger partial charge in [0.25, 0.3) is 0 Å². The topological polar surface area (TPSA) is 69.6 Å². The largest absolute Gasteiger partial charge is 0.481 e. The molecule has 0 saturated heterocycles. The van der Waals surface area contributed by atoms with Crippen molar-refractivity contribution in [2.24, 2.45) is 11.8 Å². The summed E-state index contributed by atoms with van der Waals surface area (Å²) in [6, 6.07) is 0.393. The van der Waals surface area contributed by atoms with Gasteiger partial charge in [-0.1, -0.05) is 33.6 Å². The van der Waals surface area contributed by atoms with Crippen LogP contribution in [0.2, 0.25) is 0 Å². The zero-order valence-electron chi connectivity index (χ0n) is 13.6. The number of carbonyl (C=O) groups is 2. The van der Waals surface area contributed by atoms with Crippen LogP contribution >= 0.6 is 0 Å². The van der Waals surface area contributed by atoms with E-state index in [4.69, 9.17) is 5.11 Å². The fourth-order valence-electron chi connectivity index (χ4n) is 2.84. The SMILES string of the molecule is CC(C)CN(C(=O)NCCCC(C)C(=O)O)C1CCCC1. The summed E-state index contributed by atoms with van der Waals surface area (Å²) in [4.78, 5) is 25.1. The van der Waals surface area contributed by atoms with Crippen molar-refractivity contribution in [3.63, 3.8) is 0 Å². The summed E-state index contributed by atoms with van der Waals surface area (Å²) in [6.45, 7) is 7.31. The van der Waals surface area contributed by atoms with E-state index in [2.05, 4.69) is 19.2 Å². The smallest absolute Gasteiger partial charge is 0.317 e. The van der Waals surface area contributed by atoms with Gasteiger partial charge in [0, 0.05) is 19.1 Å². The zero-order chi connectivity index (χ0) is 15.8. The Labute approximate surface area is 128 Å². The highest BCUT2D eigenvalue weighted by atomic mass is 16.4. The summed E-state index contributed by atoms with van der Waals surface area (Å²) in [7, 11) is 0. The zero-order valence-corrected chi connectivity index (χ0v) is 13.6. The standard InChI is InChI=1S/C16H30N2O3/c1-12(2)11-18(14-8-4-5-9-14)16(21)17-10-6-7-13(3)15(19)20/h12-14H,4-11H2,1-3H3,(H,17,21)(H,19,20). The number of carboxylic acid groups (broad SMARTS) is 1. The second kappa shape index (κ2) is 8.90. The first-order valence-electron chi connectivity index (χ1n) is 8.19. The first-order chi connectivity index (χ1) is 9.91. The number of urea groups is 1. The number of amides is 2. The van der Waals surface area contributed by atoms with E-state index in [1.165, 1.54) is 12.8 Å². The molecule has 122 valence electrons. The molecule has 0 aromatic heterocycles. The molecule has 1 fully saturated rings. The predicted octanol–water partition coefficient (Wildman–Crippen LogP) is 3.10. The number of hydrogen-bond acceptors (Lipinski definition) is 2. The lowest BCUT2D eigenvalue weighted by atomic mass is 10.1. The van der Waals surface area contributed by atoms with Crippen molar-refractivity contribution in [3.05, 3.63) is 0 Å². The maximum absolute atomic E-state index is 12.3. The summed E-state index contributed by atoms with van der Waals surface area (Å²) < 4.78 is 0. The molecular weight excluding hydrogens is 268 g/mol. The predicted molar refractivity (Wildman–Crippen MR) is 83.2 cm³/mol. The van der Waals surface area contributed by atoms with Crippen LogP contribution in [0.5, 0.6) is 0 Å².